The van der Waals surface area contributed by atoms with Crippen molar-refractivity contribution in [3.8, 4) is 0 Å². The Morgan fingerprint density at radius 2 is 1.78 bits per heavy atom. The Labute approximate surface area is 109 Å². The lowest BCUT2D eigenvalue weighted by Crippen LogP contribution is -2.21. The molecule has 1 aromatic heterocycles. The van der Waals surface area contributed by atoms with Crippen molar-refractivity contribution in [3.63, 3.8) is 0 Å². The summed E-state index contributed by atoms with van der Waals surface area (Å²) >= 11 is 0. The summed E-state index contributed by atoms with van der Waals surface area (Å²) in [5, 5.41) is 3.39. The molecule has 0 aliphatic rings. The second-order valence-electron chi connectivity index (χ2n) is 4.94. The molecule has 0 fully saturated rings. The third kappa shape index (κ3) is 2.18. The third-order valence-electron chi connectivity index (χ3n) is 3.63. The summed E-state index contributed by atoms with van der Waals surface area (Å²) in [5.41, 5.74) is 6.50. The molecule has 3 heteroatoms. The number of rotatable bonds is 3. The first-order chi connectivity index (χ1) is 8.54. The van der Waals surface area contributed by atoms with Gasteiger partial charge in [0.05, 0.1) is 24.3 Å². The molecule has 2 aromatic rings. The van der Waals surface area contributed by atoms with Crippen molar-refractivity contribution in [2.75, 3.05) is 7.05 Å². The fourth-order valence-corrected chi connectivity index (χ4v) is 2.40. The normalized spacial score (nSPS) is 12.7. The number of aryl methyl sites for hydroxylation is 4. The van der Waals surface area contributed by atoms with Gasteiger partial charge in [0, 0.05) is 7.05 Å². The Kier molecular flexibility index (Phi) is 3.53. The van der Waals surface area contributed by atoms with Crippen LogP contribution in [0.15, 0.2) is 24.7 Å². The van der Waals surface area contributed by atoms with E-state index in [1.807, 2.05) is 26.6 Å². The van der Waals surface area contributed by atoms with Gasteiger partial charge >= 0.3 is 0 Å². The molecular formula is C15H21N3. The highest BCUT2D eigenvalue weighted by molar-refractivity contribution is 5.41. The maximum atomic E-state index is 4.21. The van der Waals surface area contributed by atoms with E-state index in [4.69, 9.17) is 0 Å². The Bertz CT molecular complexity index is 555. The minimum atomic E-state index is 0.191. The van der Waals surface area contributed by atoms with Crippen molar-refractivity contribution in [1.82, 2.24) is 14.9 Å². The zero-order chi connectivity index (χ0) is 13.3. The number of nitrogens with one attached hydrogen (secondary N) is 1. The van der Waals surface area contributed by atoms with Crippen LogP contribution in [0.2, 0.25) is 0 Å². The van der Waals surface area contributed by atoms with Crippen LogP contribution in [0.25, 0.3) is 0 Å². The van der Waals surface area contributed by atoms with Crippen molar-refractivity contribution >= 4 is 0 Å². The molecule has 96 valence electrons. The summed E-state index contributed by atoms with van der Waals surface area (Å²) < 4.78 is 2.07. The van der Waals surface area contributed by atoms with E-state index < -0.39 is 0 Å². The van der Waals surface area contributed by atoms with Crippen LogP contribution in [0, 0.1) is 20.8 Å². The van der Waals surface area contributed by atoms with Crippen LogP contribution in [0.5, 0.6) is 0 Å². The predicted octanol–water partition coefficient (Wildman–Crippen LogP) is 2.65. The predicted molar refractivity (Wildman–Crippen MR) is 74.8 cm³/mol. The fraction of sp³-hybridized carbons (Fsp3) is 0.400. The minimum Gasteiger partial charge on any atom is -0.336 e. The molecule has 0 aliphatic carbocycles. The Balaban J connectivity index is 2.52. The molecule has 1 unspecified atom stereocenters. The van der Waals surface area contributed by atoms with Gasteiger partial charge in [0.25, 0.3) is 0 Å². The maximum absolute atomic E-state index is 4.21. The topological polar surface area (TPSA) is 29.9 Å². The van der Waals surface area contributed by atoms with Gasteiger partial charge in [-0.05, 0) is 50.1 Å². The summed E-state index contributed by atoms with van der Waals surface area (Å²) in [6.45, 7) is 6.49. The van der Waals surface area contributed by atoms with Gasteiger partial charge in [-0.15, -0.1) is 0 Å². The van der Waals surface area contributed by atoms with Gasteiger partial charge in [0.15, 0.2) is 0 Å². The highest BCUT2D eigenvalue weighted by Gasteiger charge is 2.17. The maximum Gasteiger partial charge on any atom is 0.0946 e. The minimum absolute atomic E-state index is 0.191. The molecule has 1 heterocycles. The lowest BCUT2D eigenvalue weighted by Gasteiger charge is -2.20. The van der Waals surface area contributed by atoms with Crippen LogP contribution >= 0.6 is 0 Å². The number of benzene rings is 1. The lowest BCUT2D eigenvalue weighted by atomic mass is 9.94. The quantitative estimate of drug-likeness (QED) is 0.898. The molecule has 0 bridgehead atoms. The highest BCUT2D eigenvalue weighted by Crippen LogP contribution is 2.26. The summed E-state index contributed by atoms with van der Waals surface area (Å²) in [6, 6.07) is 4.72. The zero-order valence-corrected chi connectivity index (χ0v) is 11.8. The summed E-state index contributed by atoms with van der Waals surface area (Å²) in [7, 11) is 4.02. The van der Waals surface area contributed by atoms with Crippen molar-refractivity contribution < 1.29 is 0 Å². The third-order valence-corrected chi connectivity index (χ3v) is 3.63. The second-order valence-corrected chi connectivity index (χ2v) is 4.94. The first-order valence-corrected chi connectivity index (χ1v) is 6.25. The molecule has 0 saturated carbocycles. The van der Waals surface area contributed by atoms with Gasteiger partial charge in [-0.2, -0.15) is 0 Å². The fourth-order valence-electron chi connectivity index (χ4n) is 2.40. The Hall–Kier alpha value is -1.61. The number of nitrogens with zero attached hydrogens (tertiary/aromatic N) is 2. The molecule has 0 aliphatic heterocycles. The van der Waals surface area contributed by atoms with E-state index in [1.165, 1.54) is 27.9 Å². The van der Waals surface area contributed by atoms with Crippen molar-refractivity contribution in [3.05, 3.63) is 52.6 Å². The van der Waals surface area contributed by atoms with Gasteiger partial charge in [-0.3, -0.25) is 0 Å². The van der Waals surface area contributed by atoms with E-state index in [9.17, 15) is 0 Å². The van der Waals surface area contributed by atoms with E-state index >= 15 is 0 Å². The molecular weight excluding hydrogens is 222 g/mol. The smallest absolute Gasteiger partial charge is 0.0946 e. The average molecular weight is 243 g/mol. The van der Waals surface area contributed by atoms with E-state index in [0.29, 0.717) is 0 Å². The average Bonchev–Trinajstić information content (AvgIpc) is 2.73. The van der Waals surface area contributed by atoms with Gasteiger partial charge < -0.3 is 9.88 Å². The van der Waals surface area contributed by atoms with Crippen LogP contribution in [0.1, 0.15) is 34.0 Å². The van der Waals surface area contributed by atoms with Gasteiger partial charge in [-0.25, -0.2) is 4.98 Å². The summed E-state index contributed by atoms with van der Waals surface area (Å²) in [4.78, 5) is 4.21. The SMILES string of the molecule is CNC(c1cc(C)c(C)cc1C)c1cncn1C. The van der Waals surface area contributed by atoms with Crippen LogP contribution < -0.4 is 5.32 Å². The molecule has 3 nitrogen and oxygen atoms in total. The van der Waals surface area contributed by atoms with Crippen LogP contribution in [0.4, 0.5) is 0 Å². The summed E-state index contributed by atoms with van der Waals surface area (Å²) in [6.07, 6.45) is 3.77. The van der Waals surface area contributed by atoms with Gasteiger partial charge in [0.1, 0.15) is 0 Å². The van der Waals surface area contributed by atoms with Gasteiger partial charge in [0.2, 0.25) is 0 Å². The van der Waals surface area contributed by atoms with E-state index in [-0.39, 0.29) is 6.04 Å². The summed E-state index contributed by atoms with van der Waals surface area (Å²) in [5.74, 6) is 0. The standard InChI is InChI=1S/C15H21N3/c1-10-6-12(3)13(7-11(10)2)15(16-4)14-8-17-9-18(14)5/h6-9,15-16H,1-5H3. The second kappa shape index (κ2) is 4.94. The zero-order valence-electron chi connectivity index (χ0n) is 11.8. The van der Waals surface area contributed by atoms with Crippen molar-refractivity contribution in [2.45, 2.75) is 26.8 Å². The number of imidazole rings is 1. The first-order valence-electron chi connectivity index (χ1n) is 6.25. The molecule has 0 saturated heterocycles. The Morgan fingerprint density at radius 3 is 2.33 bits per heavy atom. The van der Waals surface area contributed by atoms with Crippen LogP contribution in [-0.2, 0) is 7.05 Å². The van der Waals surface area contributed by atoms with E-state index in [1.54, 1.807) is 0 Å². The molecule has 18 heavy (non-hydrogen) atoms. The molecule has 2 rings (SSSR count). The van der Waals surface area contributed by atoms with Crippen molar-refractivity contribution in [2.24, 2.45) is 7.05 Å². The molecule has 1 atom stereocenters. The van der Waals surface area contributed by atoms with E-state index in [0.717, 1.165) is 0 Å². The monoisotopic (exact) mass is 243 g/mol. The number of hydrogen-bond donors (Lipinski definition) is 1. The molecule has 0 amide bonds. The van der Waals surface area contributed by atoms with Gasteiger partial charge in [-0.1, -0.05) is 12.1 Å². The van der Waals surface area contributed by atoms with E-state index in [2.05, 4.69) is 47.8 Å². The largest absolute Gasteiger partial charge is 0.336 e. The lowest BCUT2D eigenvalue weighted by molar-refractivity contribution is 0.634. The van der Waals surface area contributed by atoms with Crippen molar-refractivity contribution in [1.29, 1.82) is 0 Å². The van der Waals surface area contributed by atoms with Crippen LogP contribution in [-0.4, -0.2) is 16.6 Å². The van der Waals surface area contributed by atoms with Crippen LogP contribution in [0.3, 0.4) is 0 Å². The molecule has 0 radical (unpaired) electrons. The number of hydrogen-bond acceptors (Lipinski definition) is 2. The Morgan fingerprint density at radius 1 is 1.11 bits per heavy atom. The molecule has 1 aromatic carbocycles. The highest BCUT2D eigenvalue weighted by atomic mass is 15.1. The molecule has 1 N–H and O–H groups in total. The number of aromatic nitrogens is 2. The first kappa shape index (κ1) is 12.8. The molecule has 0 spiro atoms.